The summed E-state index contributed by atoms with van der Waals surface area (Å²) >= 11 is 1.48. The number of carbonyl (C=O) groups is 1. The molecule has 0 radical (unpaired) electrons. The van der Waals surface area contributed by atoms with Gasteiger partial charge in [-0.05, 0) is 43.6 Å². The van der Waals surface area contributed by atoms with Gasteiger partial charge in [0.05, 0.1) is 26.3 Å². The third-order valence-corrected chi connectivity index (χ3v) is 5.50. The van der Waals surface area contributed by atoms with Gasteiger partial charge < -0.3 is 14.8 Å². The molecule has 1 aliphatic rings. The van der Waals surface area contributed by atoms with Crippen LogP contribution >= 0.6 is 11.3 Å². The van der Waals surface area contributed by atoms with E-state index in [1.54, 1.807) is 14.2 Å². The summed E-state index contributed by atoms with van der Waals surface area (Å²) < 4.78 is 10.5. The summed E-state index contributed by atoms with van der Waals surface area (Å²) in [6, 6.07) is 5.50. The van der Waals surface area contributed by atoms with Crippen molar-refractivity contribution in [3.05, 3.63) is 34.8 Å². The van der Waals surface area contributed by atoms with Crippen molar-refractivity contribution in [3.63, 3.8) is 0 Å². The molecule has 0 spiro atoms. The van der Waals surface area contributed by atoms with Crippen LogP contribution in [0.25, 0.3) is 0 Å². The van der Waals surface area contributed by atoms with Crippen LogP contribution in [0.15, 0.2) is 23.6 Å². The number of nitrogens with one attached hydrogen (secondary N) is 1. The van der Waals surface area contributed by atoms with Crippen LogP contribution in [0.5, 0.6) is 11.5 Å². The summed E-state index contributed by atoms with van der Waals surface area (Å²) in [5.74, 6) is 1.19. The van der Waals surface area contributed by atoms with Crippen molar-refractivity contribution in [1.29, 1.82) is 0 Å². The molecule has 0 atom stereocenters. The molecule has 1 fully saturated rings. The van der Waals surface area contributed by atoms with Crippen LogP contribution in [0.1, 0.15) is 36.9 Å². The third-order valence-electron chi connectivity index (χ3n) is 4.70. The van der Waals surface area contributed by atoms with Gasteiger partial charge in [0.2, 0.25) is 5.91 Å². The third kappa shape index (κ3) is 5.68. The Balaban J connectivity index is 1.54. The zero-order chi connectivity index (χ0) is 19.1. The van der Waals surface area contributed by atoms with E-state index in [1.807, 2.05) is 23.6 Å². The maximum absolute atomic E-state index is 12.4. The zero-order valence-electron chi connectivity index (χ0n) is 16.0. The maximum atomic E-state index is 12.4. The first kappa shape index (κ1) is 19.6. The average molecular weight is 390 g/mol. The molecule has 1 aromatic heterocycles. The largest absolute Gasteiger partial charge is 0.493 e. The highest BCUT2D eigenvalue weighted by Crippen LogP contribution is 2.28. The summed E-state index contributed by atoms with van der Waals surface area (Å²) in [6.45, 7) is 3.14. The van der Waals surface area contributed by atoms with Gasteiger partial charge in [-0.1, -0.05) is 18.9 Å². The lowest BCUT2D eigenvalue weighted by Gasteiger charge is -2.17. The second-order valence-electron chi connectivity index (χ2n) is 6.75. The number of nitrogens with zero attached hydrogens (tertiary/aromatic N) is 2. The molecule has 1 amide bonds. The number of amides is 1. The fraction of sp³-hybridized carbons (Fsp3) is 0.500. The van der Waals surface area contributed by atoms with Crippen LogP contribution in [0, 0.1) is 0 Å². The number of anilines is 1. The van der Waals surface area contributed by atoms with E-state index in [-0.39, 0.29) is 12.3 Å². The van der Waals surface area contributed by atoms with E-state index in [9.17, 15) is 4.79 Å². The molecule has 0 saturated carbocycles. The van der Waals surface area contributed by atoms with E-state index in [2.05, 4.69) is 15.2 Å². The van der Waals surface area contributed by atoms with Crippen LogP contribution < -0.4 is 14.8 Å². The lowest BCUT2D eigenvalue weighted by molar-refractivity contribution is -0.115. The number of hydrogen-bond acceptors (Lipinski definition) is 6. The van der Waals surface area contributed by atoms with Crippen molar-refractivity contribution >= 4 is 22.4 Å². The zero-order valence-corrected chi connectivity index (χ0v) is 16.8. The number of aromatic nitrogens is 1. The fourth-order valence-electron chi connectivity index (χ4n) is 3.30. The lowest BCUT2D eigenvalue weighted by Crippen LogP contribution is -2.24. The molecule has 27 heavy (non-hydrogen) atoms. The number of rotatable bonds is 7. The molecular formula is C20H27N3O3S. The Hall–Kier alpha value is -2.12. The number of carbonyl (C=O) groups excluding carboxylic acids is 1. The van der Waals surface area contributed by atoms with Gasteiger partial charge in [-0.3, -0.25) is 9.69 Å². The minimum Gasteiger partial charge on any atom is -0.493 e. The lowest BCUT2D eigenvalue weighted by atomic mass is 10.1. The molecule has 1 aromatic carbocycles. The first-order chi connectivity index (χ1) is 13.2. The van der Waals surface area contributed by atoms with Gasteiger partial charge in [0.1, 0.15) is 0 Å². The van der Waals surface area contributed by atoms with Crippen molar-refractivity contribution in [1.82, 2.24) is 9.88 Å². The highest BCUT2D eigenvalue weighted by Gasteiger charge is 2.13. The number of methoxy groups -OCH3 is 2. The number of hydrogen-bond donors (Lipinski definition) is 1. The van der Waals surface area contributed by atoms with E-state index in [0.29, 0.717) is 16.6 Å². The normalized spacial score (nSPS) is 15.2. The second kappa shape index (κ2) is 9.71. The predicted molar refractivity (Wildman–Crippen MR) is 108 cm³/mol. The fourth-order valence-corrected chi connectivity index (χ4v) is 4.02. The predicted octanol–water partition coefficient (Wildman–Crippen LogP) is 3.72. The summed E-state index contributed by atoms with van der Waals surface area (Å²) in [5, 5.41) is 5.60. The van der Waals surface area contributed by atoms with Crippen LogP contribution in [-0.2, 0) is 17.8 Å². The standard InChI is InChI=1S/C20H27N3O3S/c1-25-17-8-7-15(11-18(17)26-2)12-19(24)22-20-21-16(14-27-20)13-23-9-5-3-4-6-10-23/h7-8,11,14H,3-6,9-10,12-13H2,1-2H3,(H,21,22,24). The summed E-state index contributed by atoms with van der Waals surface area (Å²) in [7, 11) is 3.18. The van der Waals surface area contributed by atoms with Crippen molar-refractivity contribution in [2.45, 2.75) is 38.6 Å². The van der Waals surface area contributed by atoms with Crippen LogP contribution in [0.2, 0.25) is 0 Å². The number of likely N-dealkylation sites (tertiary alicyclic amines) is 1. The van der Waals surface area contributed by atoms with Gasteiger partial charge in [0, 0.05) is 11.9 Å². The van der Waals surface area contributed by atoms with E-state index < -0.39 is 0 Å². The summed E-state index contributed by atoms with van der Waals surface area (Å²) in [5.41, 5.74) is 1.90. The molecule has 1 aliphatic heterocycles. The Labute approximate surface area is 164 Å². The highest BCUT2D eigenvalue weighted by molar-refractivity contribution is 7.13. The molecule has 0 bridgehead atoms. The van der Waals surface area contributed by atoms with E-state index in [1.165, 1.54) is 37.0 Å². The topological polar surface area (TPSA) is 63.7 Å². The minimum absolute atomic E-state index is 0.0853. The molecule has 146 valence electrons. The Morgan fingerprint density at radius 2 is 1.89 bits per heavy atom. The average Bonchev–Trinajstić information content (AvgIpc) is 2.94. The van der Waals surface area contributed by atoms with Crippen molar-refractivity contribution in [3.8, 4) is 11.5 Å². The molecule has 3 rings (SSSR count). The van der Waals surface area contributed by atoms with Crippen molar-refractivity contribution in [2.75, 3.05) is 32.6 Å². The van der Waals surface area contributed by atoms with Crippen LogP contribution in [0.4, 0.5) is 5.13 Å². The quantitative estimate of drug-likeness (QED) is 0.782. The maximum Gasteiger partial charge on any atom is 0.230 e. The number of ether oxygens (including phenoxy) is 2. The van der Waals surface area contributed by atoms with Crippen molar-refractivity contribution in [2.24, 2.45) is 0 Å². The molecule has 7 heteroatoms. The molecule has 0 aliphatic carbocycles. The van der Waals surface area contributed by atoms with Crippen LogP contribution in [0.3, 0.4) is 0 Å². The highest BCUT2D eigenvalue weighted by atomic mass is 32.1. The van der Waals surface area contributed by atoms with Crippen molar-refractivity contribution < 1.29 is 14.3 Å². The number of benzene rings is 1. The molecule has 1 N–H and O–H groups in total. The molecular weight excluding hydrogens is 362 g/mol. The Morgan fingerprint density at radius 3 is 2.59 bits per heavy atom. The molecule has 1 saturated heterocycles. The Bertz CT molecular complexity index is 755. The van der Waals surface area contributed by atoms with Gasteiger partial charge in [0.25, 0.3) is 0 Å². The van der Waals surface area contributed by atoms with E-state index in [4.69, 9.17) is 9.47 Å². The monoisotopic (exact) mass is 389 g/mol. The van der Waals surface area contributed by atoms with Gasteiger partial charge >= 0.3 is 0 Å². The molecule has 2 heterocycles. The smallest absolute Gasteiger partial charge is 0.230 e. The Kier molecular flexibility index (Phi) is 7.06. The number of thiazole rings is 1. The molecule has 0 unspecified atom stereocenters. The van der Waals surface area contributed by atoms with Gasteiger partial charge in [-0.2, -0.15) is 0 Å². The Morgan fingerprint density at radius 1 is 1.15 bits per heavy atom. The van der Waals surface area contributed by atoms with Gasteiger partial charge in [-0.15, -0.1) is 11.3 Å². The molecule has 6 nitrogen and oxygen atoms in total. The minimum atomic E-state index is -0.0853. The van der Waals surface area contributed by atoms with Crippen LogP contribution in [-0.4, -0.2) is 43.1 Å². The summed E-state index contributed by atoms with van der Waals surface area (Å²) in [6.07, 6.45) is 5.44. The van der Waals surface area contributed by atoms with E-state index in [0.717, 1.165) is 30.9 Å². The summed E-state index contributed by atoms with van der Waals surface area (Å²) in [4.78, 5) is 19.4. The van der Waals surface area contributed by atoms with E-state index >= 15 is 0 Å². The molecule has 2 aromatic rings. The second-order valence-corrected chi connectivity index (χ2v) is 7.61. The first-order valence-electron chi connectivity index (χ1n) is 9.35. The SMILES string of the molecule is COc1ccc(CC(=O)Nc2nc(CN3CCCCCC3)cs2)cc1OC. The van der Waals surface area contributed by atoms with Gasteiger partial charge in [-0.25, -0.2) is 4.98 Å². The van der Waals surface area contributed by atoms with Gasteiger partial charge in [0.15, 0.2) is 16.6 Å². The first-order valence-corrected chi connectivity index (χ1v) is 10.2.